The Bertz CT molecular complexity index is 1200. The molecular weight excluding hydrogens is 398 g/mol. The molecule has 0 saturated heterocycles. The maximum absolute atomic E-state index is 12.7. The van der Waals surface area contributed by atoms with E-state index in [-0.39, 0.29) is 6.09 Å². The molecule has 1 aliphatic heterocycles. The van der Waals surface area contributed by atoms with E-state index >= 15 is 0 Å². The monoisotopic (exact) mass is 423 g/mol. The van der Waals surface area contributed by atoms with Crippen LogP contribution in [0, 0.1) is 11.3 Å². The largest absolute Gasteiger partial charge is 0.444 e. The van der Waals surface area contributed by atoms with E-state index in [1.807, 2.05) is 69.4 Å². The fourth-order valence-electron chi connectivity index (χ4n) is 3.74. The summed E-state index contributed by atoms with van der Waals surface area (Å²) in [6.45, 7) is 6.61. The maximum Gasteiger partial charge on any atom is 0.410 e. The van der Waals surface area contributed by atoms with E-state index in [2.05, 4.69) is 29.3 Å². The van der Waals surface area contributed by atoms with Gasteiger partial charge >= 0.3 is 6.09 Å². The summed E-state index contributed by atoms with van der Waals surface area (Å²) in [5.74, 6) is 0. The van der Waals surface area contributed by atoms with Crippen molar-refractivity contribution in [3.8, 4) is 17.2 Å². The predicted octanol–water partition coefficient (Wildman–Crippen LogP) is 6.04. The molecule has 4 rings (SSSR count). The van der Waals surface area contributed by atoms with Crippen LogP contribution in [0.4, 0.5) is 4.79 Å². The molecule has 0 aliphatic carbocycles. The van der Waals surface area contributed by atoms with E-state index in [0.717, 1.165) is 33.4 Å². The van der Waals surface area contributed by atoms with Crippen molar-refractivity contribution >= 4 is 18.2 Å². The molecule has 5 heteroatoms. The second-order valence-electron chi connectivity index (χ2n) is 8.85. The van der Waals surface area contributed by atoms with Crippen LogP contribution in [0.2, 0.25) is 0 Å². The Hall–Kier alpha value is -3.91. The third-order valence-corrected chi connectivity index (χ3v) is 5.20. The Labute approximate surface area is 188 Å². The molecule has 2 heterocycles. The number of aromatic nitrogens is 1. The number of pyridine rings is 1. The summed E-state index contributed by atoms with van der Waals surface area (Å²) in [4.78, 5) is 18.6. The average Bonchev–Trinajstić information content (AvgIpc) is 3.21. The number of benzene rings is 2. The van der Waals surface area contributed by atoms with E-state index in [9.17, 15) is 4.79 Å². The number of amides is 1. The molecule has 32 heavy (non-hydrogen) atoms. The summed E-state index contributed by atoms with van der Waals surface area (Å²) in [5, 5.41) is 9.14. The van der Waals surface area contributed by atoms with Crippen LogP contribution in [0.1, 0.15) is 48.6 Å². The number of nitrogens with zero attached hydrogens (tertiary/aromatic N) is 3. The highest BCUT2D eigenvalue weighted by atomic mass is 16.6. The van der Waals surface area contributed by atoms with E-state index in [0.29, 0.717) is 18.7 Å². The molecule has 3 aromatic rings. The molecule has 1 aromatic heterocycles. The highest BCUT2D eigenvalue weighted by molar-refractivity contribution is 5.79. The number of ether oxygens (including phenoxy) is 1. The fraction of sp³-hybridized carbons (Fsp3) is 0.222. The van der Waals surface area contributed by atoms with Gasteiger partial charge in [0.2, 0.25) is 0 Å². The van der Waals surface area contributed by atoms with Gasteiger partial charge in [-0.2, -0.15) is 5.26 Å². The van der Waals surface area contributed by atoms with E-state index < -0.39 is 5.60 Å². The molecule has 160 valence electrons. The quantitative estimate of drug-likeness (QED) is 0.515. The fourth-order valence-corrected chi connectivity index (χ4v) is 3.74. The molecule has 1 amide bonds. The van der Waals surface area contributed by atoms with E-state index in [1.165, 1.54) is 0 Å². The predicted molar refractivity (Wildman–Crippen MR) is 125 cm³/mol. The minimum Gasteiger partial charge on any atom is -0.444 e. The number of rotatable bonds is 3. The zero-order valence-electron chi connectivity index (χ0n) is 18.5. The molecule has 0 radical (unpaired) electrons. The third-order valence-electron chi connectivity index (χ3n) is 5.20. The Morgan fingerprint density at radius 3 is 2.50 bits per heavy atom. The molecule has 0 saturated carbocycles. The molecule has 0 fully saturated rings. The number of nitriles is 1. The zero-order chi connectivity index (χ0) is 22.7. The number of hydrogen-bond acceptors (Lipinski definition) is 4. The van der Waals surface area contributed by atoms with Crippen LogP contribution >= 0.6 is 0 Å². The van der Waals surface area contributed by atoms with Gasteiger partial charge in [-0.1, -0.05) is 30.4 Å². The molecular formula is C27H25N3O2. The van der Waals surface area contributed by atoms with Gasteiger partial charge in [-0.25, -0.2) is 4.79 Å². The highest BCUT2D eigenvalue weighted by Crippen LogP contribution is 2.35. The van der Waals surface area contributed by atoms with Crippen LogP contribution < -0.4 is 0 Å². The van der Waals surface area contributed by atoms with Gasteiger partial charge in [0, 0.05) is 18.9 Å². The van der Waals surface area contributed by atoms with Gasteiger partial charge in [0.1, 0.15) is 5.60 Å². The van der Waals surface area contributed by atoms with Gasteiger partial charge in [-0.15, -0.1) is 0 Å². The highest BCUT2D eigenvalue weighted by Gasteiger charge is 2.29. The van der Waals surface area contributed by atoms with Crippen LogP contribution in [0.5, 0.6) is 0 Å². The van der Waals surface area contributed by atoms with Gasteiger partial charge in [-0.05, 0) is 84.5 Å². The summed E-state index contributed by atoms with van der Waals surface area (Å²) in [6, 6.07) is 17.9. The minimum absolute atomic E-state index is 0.313. The summed E-state index contributed by atoms with van der Waals surface area (Å²) in [6.07, 6.45) is 7.33. The average molecular weight is 424 g/mol. The van der Waals surface area contributed by atoms with Gasteiger partial charge in [0.25, 0.3) is 0 Å². The van der Waals surface area contributed by atoms with Crippen LogP contribution in [0.25, 0.3) is 23.3 Å². The van der Waals surface area contributed by atoms with Crippen molar-refractivity contribution in [2.24, 2.45) is 0 Å². The summed E-state index contributed by atoms with van der Waals surface area (Å²) in [5.41, 5.74) is 6.42. The second kappa shape index (κ2) is 8.68. The van der Waals surface area contributed by atoms with Gasteiger partial charge < -0.3 is 4.74 Å². The lowest BCUT2D eigenvalue weighted by molar-refractivity contribution is 0.0242. The Morgan fingerprint density at radius 2 is 1.84 bits per heavy atom. The second-order valence-corrected chi connectivity index (χ2v) is 8.85. The molecule has 0 spiro atoms. The standard InChI is InChI=1S/C27H25N3O2/c1-27(2,3)32-26(31)30-17-23-13-21(7-6-20-5-4-12-29-16-20)14-24(25(23)18-30)22-10-8-19(15-28)9-11-22/h4-14,16H,17-18H2,1-3H3/b7-6+. The molecule has 1 aliphatic rings. The van der Waals surface area contributed by atoms with Crippen molar-refractivity contribution in [2.75, 3.05) is 0 Å². The van der Waals surface area contributed by atoms with Crippen LogP contribution in [-0.2, 0) is 17.8 Å². The Morgan fingerprint density at radius 1 is 1.09 bits per heavy atom. The third kappa shape index (κ3) is 4.87. The van der Waals surface area contributed by atoms with Crippen LogP contribution in [-0.4, -0.2) is 21.6 Å². The van der Waals surface area contributed by atoms with Crippen molar-refractivity contribution in [3.05, 3.63) is 88.7 Å². The lowest BCUT2D eigenvalue weighted by Gasteiger charge is -2.24. The number of carbonyl (C=O) groups excluding carboxylic acids is 1. The van der Waals surface area contributed by atoms with Gasteiger partial charge in [-0.3, -0.25) is 9.88 Å². The normalized spacial score (nSPS) is 13.1. The van der Waals surface area contributed by atoms with Crippen LogP contribution in [0.3, 0.4) is 0 Å². The number of carbonyl (C=O) groups is 1. The van der Waals surface area contributed by atoms with Crippen molar-refractivity contribution in [3.63, 3.8) is 0 Å². The summed E-state index contributed by atoms with van der Waals surface area (Å²) >= 11 is 0. The molecule has 5 nitrogen and oxygen atoms in total. The van der Waals surface area contributed by atoms with Crippen molar-refractivity contribution in [2.45, 2.75) is 39.5 Å². The van der Waals surface area contributed by atoms with Gasteiger partial charge in [0.05, 0.1) is 18.2 Å². The maximum atomic E-state index is 12.7. The van der Waals surface area contributed by atoms with Crippen molar-refractivity contribution < 1.29 is 9.53 Å². The Kier molecular flexibility index (Phi) is 5.79. The number of hydrogen-bond donors (Lipinski definition) is 0. The lowest BCUT2D eigenvalue weighted by Crippen LogP contribution is -2.33. The molecule has 0 bridgehead atoms. The molecule has 0 N–H and O–H groups in total. The number of fused-ring (bicyclic) bond motifs is 1. The van der Waals surface area contributed by atoms with Crippen molar-refractivity contribution in [1.29, 1.82) is 5.26 Å². The topological polar surface area (TPSA) is 66.2 Å². The lowest BCUT2D eigenvalue weighted by atomic mass is 9.93. The first-order valence-electron chi connectivity index (χ1n) is 10.5. The van der Waals surface area contributed by atoms with Crippen molar-refractivity contribution in [1.82, 2.24) is 9.88 Å². The van der Waals surface area contributed by atoms with E-state index in [1.54, 1.807) is 11.1 Å². The SMILES string of the molecule is CC(C)(C)OC(=O)N1Cc2cc(/C=C/c3cccnc3)cc(-c3ccc(C#N)cc3)c2C1. The zero-order valence-corrected chi connectivity index (χ0v) is 18.5. The summed E-state index contributed by atoms with van der Waals surface area (Å²) in [7, 11) is 0. The minimum atomic E-state index is -0.542. The summed E-state index contributed by atoms with van der Waals surface area (Å²) < 4.78 is 5.59. The van der Waals surface area contributed by atoms with E-state index in [4.69, 9.17) is 10.00 Å². The van der Waals surface area contributed by atoms with Gasteiger partial charge in [0.15, 0.2) is 0 Å². The first kappa shape index (κ1) is 21.3. The first-order valence-corrected chi connectivity index (χ1v) is 10.5. The molecule has 2 aromatic carbocycles. The smallest absolute Gasteiger partial charge is 0.410 e. The Balaban J connectivity index is 1.71. The van der Waals surface area contributed by atoms with Crippen LogP contribution in [0.15, 0.2) is 60.9 Å². The molecule has 0 atom stereocenters. The first-order chi connectivity index (χ1) is 15.3. The molecule has 0 unspecified atom stereocenters.